The van der Waals surface area contributed by atoms with Gasteiger partial charge in [-0.2, -0.15) is 5.26 Å². The summed E-state index contributed by atoms with van der Waals surface area (Å²) in [6.45, 7) is 2.18. The predicted octanol–water partition coefficient (Wildman–Crippen LogP) is 3.74. The van der Waals surface area contributed by atoms with Crippen molar-refractivity contribution in [3.8, 4) is 11.8 Å². The molecule has 6 heteroatoms. The third kappa shape index (κ3) is 4.40. The molecule has 2 atom stereocenters. The number of rotatable bonds is 4. The van der Waals surface area contributed by atoms with Gasteiger partial charge in [0.05, 0.1) is 12.2 Å². The van der Waals surface area contributed by atoms with Crippen LogP contribution in [0.2, 0.25) is 5.02 Å². The Morgan fingerprint density at radius 1 is 1.25 bits per heavy atom. The summed E-state index contributed by atoms with van der Waals surface area (Å²) in [5.41, 5.74) is 1.43. The fourth-order valence-electron chi connectivity index (χ4n) is 2.61. The largest absolute Gasteiger partial charge is 0.482 e. The third-order valence-electron chi connectivity index (χ3n) is 3.74. The molecule has 0 saturated carbocycles. The molecule has 0 spiro atoms. The molecular weight excluding hydrogens is 347 g/mol. The van der Waals surface area contributed by atoms with Gasteiger partial charge in [0, 0.05) is 18.1 Å². The Morgan fingerprint density at radius 3 is 2.71 bits per heavy atom. The van der Waals surface area contributed by atoms with Crippen LogP contribution in [0, 0.1) is 11.3 Å². The van der Waals surface area contributed by atoms with Crippen molar-refractivity contribution in [2.24, 2.45) is 0 Å². The molecule has 1 saturated heterocycles. The Kier molecular flexibility index (Phi) is 6.89. The lowest BCUT2D eigenvalue weighted by molar-refractivity contribution is -0.0433. The fourth-order valence-corrected chi connectivity index (χ4v) is 2.78. The quantitative estimate of drug-likeness (QED) is 0.897. The zero-order chi connectivity index (χ0) is 16.1. The van der Waals surface area contributed by atoms with Gasteiger partial charge in [-0.05, 0) is 23.8 Å². The van der Waals surface area contributed by atoms with Gasteiger partial charge in [-0.1, -0.05) is 41.9 Å². The number of benzene rings is 2. The molecule has 4 nitrogen and oxygen atoms in total. The zero-order valence-electron chi connectivity index (χ0n) is 12.9. The summed E-state index contributed by atoms with van der Waals surface area (Å²) in [5, 5.41) is 13.1. The van der Waals surface area contributed by atoms with Crippen LogP contribution in [0.3, 0.4) is 0 Å². The predicted molar refractivity (Wildman–Crippen MR) is 95.8 cm³/mol. The van der Waals surface area contributed by atoms with E-state index in [0.717, 1.165) is 12.1 Å². The smallest absolute Gasteiger partial charge is 0.151 e. The number of nitriles is 1. The number of ether oxygens (including phenoxy) is 2. The Bertz CT molecular complexity index is 698. The number of morpholine rings is 1. The first kappa shape index (κ1) is 18.6. The van der Waals surface area contributed by atoms with Crippen molar-refractivity contribution < 1.29 is 9.47 Å². The summed E-state index contributed by atoms with van der Waals surface area (Å²) < 4.78 is 12.0. The molecule has 0 aliphatic carbocycles. The molecular formula is C18H18Cl2N2O2. The second kappa shape index (κ2) is 8.91. The summed E-state index contributed by atoms with van der Waals surface area (Å²) in [5.74, 6) is 0.514. The molecule has 1 N–H and O–H groups in total. The van der Waals surface area contributed by atoms with Crippen molar-refractivity contribution in [1.29, 1.82) is 5.26 Å². The number of nitrogens with one attached hydrogen (secondary N) is 1. The van der Waals surface area contributed by atoms with Gasteiger partial charge in [-0.25, -0.2) is 0 Å². The highest BCUT2D eigenvalue weighted by Gasteiger charge is 2.28. The highest BCUT2D eigenvalue weighted by Crippen LogP contribution is 2.30. The van der Waals surface area contributed by atoms with Crippen molar-refractivity contribution in [2.75, 3.05) is 19.7 Å². The van der Waals surface area contributed by atoms with Crippen molar-refractivity contribution in [3.63, 3.8) is 0 Å². The molecule has 0 amide bonds. The van der Waals surface area contributed by atoms with Crippen LogP contribution < -0.4 is 10.1 Å². The maximum Gasteiger partial charge on any atom is 0.151 e. The first-order chi connectivity index (χ1) is 11.3. The number of halogens is 2. The molecule has 0 radical (unpaired) electrons. The van der Waals surface area contributed by atoms with E-state index in [2.05, 4.69) is 11.4 Å². The van der Waals surface area contributed by atoms with Crippen LogP contribution in [0.1, 0.15) is 17.2 Å². The van der Waals surface area contributed by atoms with Crippen molar-refractivity contribution in [3.05, 3.63) is 64.7 Å². The average molecular weight is 365 g/mol. The standard InChI is InChI=1S/C18H17ClN2O2.ClH/c19-15-6-7-16(14(10-15)11-20)23-18(13-4-2-1-3-5-13)17-12-21-8-9-22-17;/h1-7,10,17-18,21H,8-9,12H2;1H/t17-,18?;/m1./s1. The van der Waals surface area contributed by atoms with Gasteiger partial charge in [0.1, 0.15) is 17.9 Å². The Balaban J connectivity index is 0.00000208. The lowest BCUT2D eigenvalue weighted by Gasteiger charge is -2.31. The topological polar surface area (TPSA) is 54.3 Å². The molecule has 1 aliphatic heterocycles. The minimum absolute atomic E-state index is 0. The van der Waals surface area contributed by atoms with E-state index >= 15 is 0 Å². The summed E-state index contributed by atoms with van der Waals surface area (Å²) in [6.07, 6.45) is -0.411. The van der Waals surface area contributed by atoms with Gasteiger partial charge in [-0.3, -0.25) is 0 Å². The van der Waals surface area contributed by atoms with Crippen LogP contribution >= 0.6 is 24.0 Å². The van der Waals surface area contributed by atoms with Crippen molar-refractivity contribution in [1.82, 2.24) is 5.32 Å². The molecule has 1 heterocycles. The van der Waals surface area contributed by atoms with Crippen LogP contribution in [0.5, 0.6) is 5.75 Å². The van der Waals surface area contributed by atoms with Crippen LogP contribution in [0.4, 0.5) is 0 Å². The molecule has 1 aliphatic rings. The average Bonchev–Trinajstić information content (AvgIpc) is 2.62. The van der Waals surface area contributed by atoms with E-state index in [4.69, 9.17) is 21.1 Å². The molecule has 1 unspecified atom stereocenters. The second-order valence-electron chi connectivity index (χ2n) is 5.31. The fraction of sp³-hybridized carbons (Fsp3) is 0.278. The molecule has 3 rings (SSSR count). The van der Waals surface area contributed by atoms with E-state index in [9.17, 15) is 5.26 Å². The highest BCUT2D eigenvalue weighted by molar-refractivity contribution is 6.30. The maximum atomic E-state index is 9.30. The first-order valence-electron chi connectivity index (χ1n) is 7.51. The molecule has 2 aromatic rings. The van der Waals surface area contributed by atoms with Gasteiger partial charge >= 0.3 is 0 Å². The summed E-state index contributed by atoms with van der Waals surface area (Å²) in [6, 6.07) is 17.1. The van der Waals surface area contributed by atoms with E-state index in [1.54, 1.807) is 18.2 Å². The highest BCUT2D eigenvalue weighted by atomic mass is 35.5. The molecule has 24 heavy (non-hydrogen) atoms. The summed E-state index contributed by atoms with van der Waals surface area (Å²) in [7, 11) is 0. The Labute approximate surface area is 152 Å². The lowest BCUT2D eigenvalue weighted by Crippen LogP contribution is -2.43. The van der Waals surface area contributed by atoms with E-state index in [1.807, 2.05) is 30.3 Å². The zero-order valence-corrected chi connectivity index (χ0v) is 14.5. The number of hydrogen-bond acceptors (Lipinski definition) is 4. The molecule has 0 aromatic heterocycles. The number of nitrogens with zero attached hydrogens (tertiary/aromatic N) is 1. The first-order valence-corrected chi connectivity index (χ1v) is 7.89. The Hall–Kier alpha value is -1.77. The van der Waals surface area contributed by atoms with Gasteiger partial charge in [0.15, 0.2) is 6.10 Å². The monoisotopic (exact) mass is 364 g/mol. The van der Waals surface area contributed by atoms with Gasteiger partial charge in [0.2, 0.25) is 0 Å². The lowest BCUT2D eigenvalue weighted by atomic mass is 10.0. The van der Waals surface area contributed by atoms with E-state index in [-0.39, 0.29) is 24.6 Å². The molecule has 2 aromatic carbocycles. The number of hydrogen-bond donors (Lipinski definition) is 1. The van der Waals surface area contributed by atoms with Crippen LogP contribution in [0.25, 0.3) is 0 Å². The van der Waals surface area contributed by atoms with Crippen LogP contribution in [-0.2, 0) is 4.74 Å². The van der Waals surface area contributed by atoms with E-state index in [0.29, 0.717) is 29.5 Å². The minimum atomic E-state index is -0.294. The maximum absolute atomic E-state index is 9.30. The normalized spacial score (nSPS) is 18.1. The third-order valence-corrected chi connectivity index (χ3v) is 3.97. The Morgan fingerprint density at radius 2 is 2.04 bits per heavy atom. The molecule has 126 valence electrons. The van der Waals surface area contributed by atoms with Gasteiger partial charge in [0.25, 0.3) is 0 Å². The molecule has 0 bridgehead atoms. The molecule has 1 fully saturated rings. The SMILES string of the molecule is Cl.N#Cc1cc(Cl)ccc1OC(c1ccccc1)[C@H]1CNCCO1. The van der Waals surface area contributed by atoms with E-state index in [1.165, 1.54) is 0 Å². The summed E-state index contributed by atoms with van der Waals surface area (Å²) >= 11 is 5.96. The summed E-state index contributed by atoms with van der Waals surface area (Å²) in [4.78, 5) is 0. The van der Waals surface area contributed by atoms with Crippen LogP contribution in [0.15, 0.2) is 48.5 Å². The van der Waals surface area contributed by atoms with Gasteiger partial charge in [-0.15, -0.1) is 12.4 Å². The van der Waals surface area contributed by atoms with Gasteiger partial charge < -0.3 is 14.8 Å². The minimum Gasteiger partial charge on any atom is -0.482 e. The van der Waals surface area contributed by atoms with E-state index < -0.39 is 0 Å². The van der Waals surface area contributed by atoms with Crippen LogP contribution in [-0.4, -0.2) is 25.8 Å². The van der Waals surface area contributed by atoms with Crippen molar-refractivity contribution >= 4 is 24.0 Å². The van der Waals surface area contributed by atoms with Crippen molar-refractivity contribution in [2.45, 2.75) is 12.2 Å². The second-order valence-corrected chi connectivity index (χ2v) is 5.75.